The van der Waals surface area contributed by atoms with Crippen LogP contribution in [-0.2, 0) is 11.2 Å². The number of fused-ring (bicyclic) bond motifs is 1. The smallest absolute Gasteiger partial charge is 0.253 e. The topological polar surface area (TPSA) is 52.7 Å². The van der Waals surface area contributed by atoms with Crippen molar-refractivity contribution in [1.82, 2.24) is 4.90 Å². The van der Waals surface area contributed by atoms with Gasteiger partial charge < -0.3 is 15.1 Å². The molecule has 5 heteroatoms. The van der Waals surface area contributed by atoms with Crippen LogP contribution >= 0.6 is 0 Å². The highest BCUT2D eigenvalue weighted by Gasteiger charge is 2.33. The van der Waals surface area contributed by atoms with Gasteiger partial charge in [-0.15, -0.1) is 0 Å². The Bertz CT molecular complexity index is 839. The van der Waals surface area contributed by atoms with E-state index in [2.05, 4.69) is 11.4 Å². The Labute approximate surface area is 160 Å². The Hall–Kier alpha value is -2.82. The van der Waals surface area contributed by atoms with Crippen molar-refractivity contribution in [3.63, 3.8) is 0 Å². The Kier molecular flexibility index (Phi) is 4.84. The Balaban J connectivity index is 1.44. The zero-order chi connectivity index (χ0) is 18.8. The van der Waals surface area contributed by atoms with Crippen LogP contribution in [0.4, 0.5) is 11.4 Å². The quantitative estimate of drug-likeness (QED) is 0.910. The molecular formula is C22H25N3O2. The predicted molar refractivity (Wildman–Crippen MR) is 107 cm³/mol. The fourth-order valence-electron chi connectivity index (χ4n) is 4.14. The van der Waals surface area contributed by atoms with Crippen LogP contribution in [0, 0.1) is 0 Å². The number of aryl methyl sites for hydroxylation is 1. The van der Waals surface area contributed by atoms with Crippen molar-refractivity contribution in [3.05, 3.63) is 59.7 Å². The maximum absolute atomic E-state index is 12.8. The molecule has 2 aliphatic rings. The minimum Gasteiger partial charge on any atom is -0.388 e. The minimum absolute atomic E-state index is 0.0708. The summed E-state index contributed by atoms with van der Waals surface area (Å²) in [6.45, 7) is 1.37. The van der Waals surface area contributed by atoms with E-state index in [1.165, 1.54) is 5.56 Å². The van der Waals surface area contributed by atoms with Gasteiger partial charge in [-0.2, -0.15) is 0 Å². The average Bonchev–Trinajstić information content (AvgIpc) is 2.73. The third-order valence-corrected chi connectivity index (χ3v) is 5.67. The van der Waals surface area contributed by atoms with Crippen molar-refractivity contribution in [2.24, 2.45) is 0 Å². The Morgan fingerprint density at radius 1 is 1.00 bits per heavy atom. The van der Waals surface area contributed by atoms with Crippen molar-refractivity contribution in [2.75, 3.05) is 30.4 Å². The summed E-state index contributed by atoms with van der Waals surface area (Å²) in [5.41, 5.74) is 4.01. The number of hydrogen-bond donors (Lipinski definition) is 1. The summed E-state index contributed by atoms with van der Waals surface area (Å²) < 4.78 is 0. The van der Waals surface area contributed by atoms with Gasteiger partial charge in [0.25, 0.3) is 5.91 Å². The van der Waals surface area contributed by atoms with Crippen LogP contribution in [-0.4, -0.2) is 42.9 Å². The molecule has 2 heterocycles. The molecule has 140 valence electrons. The number of para-hydroxylation sites is 1. The van der Waals surface area contributed by atoms with Crippen LogP contribution in [0.3, 0.4) is 0 Å². The molecule has 0 bridgehead atoms. The fourth-order valence-corrected chi connectivity index (χ4v) is 4.14. The number of amides is 2. The number of hydrogen-bond acceptors (Lipinski definition) is 3. The molecule has 0 unspecified atom stereocenters. The zero-order valence-electron chi connectivity index (χ0n) is 15.6. The summed E-state index contributed by atoms with van der Waals surface area (Å²) in [7, 11) is 1.86. The van der Waals surface area contributed by atoms with Gasteiger partial charge in [-0.1, -0.05) is 18.2 Å². The van der Waals surface area contributed by atoms with Gasteiger partial charge in [-0.05, 0) is 55.2 Å². The Morgan fingerprint density at radius 3 is 2.41 bits per heavy atom. The average molecular weight is 363 g/mol. The van der Waals surface area contributed by atoms with Crippen LogP contribution in [0.1, 0.15) is 35.2 Å². The van der Waals surface area contributed by atoms with Gasteiger partial charge in [0.05, 0.1) is 0 Å². The summed E-state index contributed by atoms with van der Waals surface area (Å²) in [5.74, 6) is 0.280. The van der Waals surface area contributed by atoms with E-state index in [0.717, 1.165) is 30.6 Å². The number of carbonyl (C=O) groups is 2. The number of carbonyl (C=O) groups excluding carboxylic acids is 2. The highest BCUT2D eigenvalue weighted by atomic mass is 16.2. The largest absolute Gasteiger partial charge is 0.388 e. The molecule has 27 heavy (non-hydrogen) atoms. The van der Waals surface area contributed by atoms with Crippen molar-refractivity contribution >= 4 is 23.2 Å². The van der Waals surface area contributed by atoms with E-state index in [4.69, 9.17) is 0 Å². The molecule has 0 aromatic heterocycles. The number of anilines is 2. The van der Waals surface area contributed by atoms with Crippen LogP contribution in [0.2, 0.25) is 0 Å². The highest BCUT2D eigenvalue weighted by molar-refractivity contribution is 5.97. The lowest BCUT2D eigenvalue weighted by Gasteiger charge is -2.41. The molecule has 5 nitrogen and oxygen atoms in total. The third-order valence-electron chi connectivity index (χ3n) is 5.67. The van der Waals surface area contributed by atoms with Crippen LogP contribution in [0.5, 0.6) is 0 Å². The molecule has 1 N–H and O–H groups in total. The molecule has 1 fully saturated rings. The molecule has 0 aliphatic carbocycles. The molecule has 2 aliphatic heterocycles. The van der Waals surface area contributed by atoms with Gasteiger partial charge in [0.1, 0.15) is 0 Å². The first-order valence-corrected chi connectivity index (χ1v) is 9.64. The summed E-state index contributed by atoms with van der Waals surface area (Å²) in [4.78, 5) is 29.3. The number of nitrogens with zero attached hydrogens (tertiary/aromatic N) is 2. The van der Waals surface area contributed by atoms with Crippen molar-refractivity contribution in [2.45, 2.75) is 31.7 Å². The Morgan fingerprint density at radius 2 is 1.70 bits per heavy atom. The second kappa shape index (κ2) is 7.43. The molecule has 1 saturated heterocycles. The maximum atomic E-state index is 12.8. The second-order valence-electron chi connectivity index (χ2n) is 7.24. The molecule has 0 atom stereocenters. The van der Waals surface area contributed by atoms with E-state index in [-0.39, 0.29) is 17.9 Å². The lowest BCUT2D eigenvalue weighted by molar-refractivity contribution is -0.119. The minimum atomic E-state index is 0.0708. The number of rotatable bonds is 3. The first-order valence-electron chi connectivity index (χ1n) is 9.64. The van der Waals surface area contributed by atoms with E-state index in [1.54, 1.807) is 0 Å². The lowest BCUT2D eigenvalue weighted by Crippen LogP contribution is -2.50. The summed E-state index contributed by atoms with van der Waals surface area (Å²) in [6, 6.07) is 15.9. The molecule has 0 spiro atoms. The van der Waals surface area contributed by atoms with Crippen LogP contribution in [0.15, 0.2) is 48.5 Å². The van der Waals surface area contributed by atoms with Crippen molar-refractivity contribution in [3.8, 4) is 0 Å². The maximum Gasteiger partial charge on any atom is 0.253 e. The van der Waals surface area contributed by atoms with E-state index >= 15 is 0 Å². The van der Waals surface area contributed by atoms with E-state index in [1.807, 2.05) is 59.3 Å². The van der Waals surface area contributed by atoms with Crippen molar-refractivity contribution in [1.29, 1.82) is 0 Å². The second-order valence-corrected chi connectivity index (χ2v) is 7.24. The molecule has 2 amide bonds. The number of piperidine rings is 1. The zero-order valence-corrected chi connectivity index (χ0v) is 15.6. The van der Waals surface area contributed by atoms with E-state index < -0.39 is 0 Å². The van der Waals surface area contributed by atoms with Crippen molar-refractivity contribution < 1.29 is 9.59 Å². The number of likely N-dealkylation sites (tertiary alicyclic amines) is 1. The molecule has 0 radical (unpaired) electrons. The molecule has 0 saturated carbocycles. The van der Waals surface area contributed by atoms with Crippen LogP contribution in [0.25, 0.3) is 0 Å². The molecular weight excluding hydrogens is 338 g/mol. The van der Waals surface area contributed by atoms with E-state index in [9.17, 15) is 9.59 Å². The standard InChI is InChI=1S/C22H25N3O2/c1-23-18-9-6-17(7-10-18)22(27)24-14-12-19(13-15-24)25-20-5-3-2-4-16(20)8-11-21(25)26/h2-7,9-10,19,23H,8,11-15H2,1H3. The summed E-state index contributed by atoms with van der Waals surface area (Å²) >= 11 is 0. The van der Waals surface area contributed by atoms with Crippen LogP contribution < -0.4 is 10.2 Å². The fraction of sp³-hybridized carbons (Fsp3) is 0.364. The number of benzene rings is 2. The van der Waals surface area contributed by atoms with Gasteiger partial charge in [-0.25, -0.2) is 0 Å². The van der Waals surface area contributed by atoms with Gasteiger partial charge in [0.2, 0.25) is 5.91 Å². The predicted octanol–water partition coefficient (Wildman–Crippen LogP) is 3.31. The first-order chi connectivity index (χ1) is 13.2. The normalized spacial score (nSPS) is 17.6. The molecule has 2 aromatic rings. The lowest BCUT2D eigenvalue weighted by atomic mass is 9.95. The van der Waals surface area contributed by atoms with Gasteiger partial charge in [-0.3, -0.25) is 9.59 Å². The summed E-state index contributed by atoms with van der Waals surface area (Å²) in [6.07, 6.45) is 3.04. The van der Waals surface area contributed by atoms with E-state index in [0.29, 0.717) is 25.1 Å². The SMILES string of the molecule is CNc1ccc(C(=O)N2CCC(N3C(=O)CCc4ccccc43)CC2)cc1. The monoisotopic (exact) mass is 363 g/mol. The summed E-state index contributed by atoms with van der Waals surface area (Å²) in [5, 5.41) is 3.06. The highest BCUT2D eigenvalue weighted by Crippen LogP contribution is 2.32. The van der Waals surface area contributed by atoms with Gasteiger partial charge >= 0.3 is 0 Å². The third kappa shape index (κ3) is 3.42. The molecule has 2 aromatic carbocycles. The number of nitrogens with one attached hydrogen (secondary N) is 1. The molecule has 4 rings (SSSR count). The van der Waals surface area contributed by atoms with Gasteiger partial charge in [0.15, 0.2) is 0 Å². The first kappa shape index (κ1) is 17.6. The van der Waals surface area contributed by atoms with Gasteiger partial charge in [0, 0.05) is 49.5 Å².